The molecule has 0 aromatic carbocycles. The third-order valence-electron chi connectivity index (χ3n) is 4.53. The molecule has 0 spiro atoms. The summed E-state index contributed by atoms with van der Waals surface area (Å²) in [6, 6.07) is 4.54. The van der Waals surface area contributed by atoms with Crippen LogP contribution in [0.15, 0.2) is 23.1 Å². The topological polar surface area (TPSA) is 112 Å². The highest BCUT2D eigenvalue weighted by Gasteiger charge is 2.32. The van der Waals surface area contributed by atoms with Gasteiger partial charge in [-0.15, -0.1) is 10.2 Å². The second-order valence-corrected chi connectivity index (χ2v) is 7.31. The lowest BCUT2D eigenvalue weighted by atomic mass is 10.2. The fraction of sp³-hybridized carbons (Fsp3) is 0.471. The Hall–Kier alpha value is -2.35. The molecule has 1 saturated carbocycles. The van der Waals surface area contributed by atoms with Gasteiger partial charge in [0.25, 0.3) is 0 Å². The number of anilines is 3. The average molecular weight is 431 g/mol. The summed E-state index contributed by atoms with van der Waals surface area (Å²) in [7, 11) is 0. The maximum atomic E-state index is 8.78. The number of hydrogen-bond donors (Lipinski definition) is 2. The first kappa shape index (κ1) is 18.0. The lowest BCUT2D eigenvalue weighted by molar-refractivity contribution is -0.0241. The van der Waals surface area contributed by atoms with Crippen LogP contribution in [0.4, 0.5) is 17.3 Å². The molecule has 2 fully saturated rings. The number of nitriles is 1. The summed E-state index contributed by atoms with van der Waals surface area (Å²) in [5, 5.41) is 23.4. The molecule has 4 rings (SSSR count). The van der Waals surface area contributed by atoms with Gasteiger partial charge in [-0.25, -0.2) is 9.97 Å². The van der Waals surface area contributed by atoms with Crippen molar-refractivity contribution < 1.29 is 4.74 Å². The molecule has 1 atom stereocenters. The molecule has 3 heterocycles. The summed E-state index contributed by atoms with van der Waals surface area (Å²) in [6.07, 6.45) is 5.66. The van der Waals surface area contributed by atoms with Gasteiger partial charge in [-0.05, 0) is 28.8 Å². The standard InChI is InChI=1S/C17H19BrN8O/c18-17-14(21-8-13-10-26(3-4-27-13)12-1-2-12)5-15(24-25-17)23-16-9-20-11(6-19)7-22-16/h5,7,9,12-13H,1-4,8,10H2,(H2,21,22,23,24)/t13-/m1/s1. The molecule has 2 aliphatic rings. The molecule has 0 bridgehead atoms. The van der Waals surface area contributed by atoms with E-state index in [4.69, 9.17) is 10.00 Å². The molecule has 2 N–H and O–H groups in total. The number of ether oxygens (including phenoxy) is 1. The predicted molar refractivity (Wildman–Crippen MR) is 103 cm³/mol. The first-order valence-corrected chi connectivity index (χ1v) is 9.62. The monoisotopic (exact) mass is 430 g/mol. The lowest BCUT2D eigenvalue weighted by Gasteiger charge is -2.33. The number of aromatic nitrogens is 4. The van der Waals surface area contributed by atoms with Crippen molar-refractivity contribution in [2.75, 3.05) is 36.9 Å². The van der Waals surface area contributed by atoms with E-state index in [0.29, 0.717) is 22.8 Å². The molecule has 0 unspecified atom stereocenters. The minimum Gasteiger partial charge on any atom is -0.380 e. The predicted octanol–water partition coefficient (Wildman–Crippen LogP) is 1.92. The number of nitrogens with zero attached hydrogens (tertiary/aromatic N) is 6. The van der Waals surface area contributed by atoms with Crippen molar-refractivity contribution in [1.82, 2.24) is 25.1 Å². The lowest BCUT2D eigenvalue weighted by Crippen LogP contribution is -2.46. The summed E-state index contributed by atoms with van der Waals surface area (Å²) >= 11 is 3.43. The van der Waals surface area contributed by atoms with Crippen LogP contribution in [0, 0.1) is 11.3 Å². The van der Waals surface area contributed by atoms with E-state index in [1.807, 2.05) is 12.1 Å². The minimum absolute atomic E-state index is 0.153. The van der Waals surface area contributed by atoms with E-state index in [0.717, 1.165) is 31.4 Å². The zero-order chi connectivity index (χ0) is 18.6. The smallest absolute Gasteiger partial charge is 0.158 e. The molecule has 0 amide bonds. The van der Waals surface area contributed by atoms with Gasteiger partial charge in [-0.1, -0.05) is 0 Å². The molecule has 2 aromatic rings. The Balaban J connectivity index is 1.37. The number of hydrogen-bond acceptors (Lipinski definition) is 9. The fourth-order valence-electron chi connectivity index (χ4n) is 3.00. The second kappa shape index (κ2) is 8.12. The molecule has 0 radical (unpaired) electrons. The Morgan fingerprint density at radius 3 is 2.89 bits per heavy atom. The quantitative estimate of drug-likeness (QED) is 0.709. The van der Waals surface area contributed by atoms with Gasteiger partial charge in [0, 0.05) is 31.7 Å². The highest BCUT2D eigenvalue weighted by atomic mass is 79.9. The highest BCUT2D eigenvalue weighted by Crippen LogP contribution is 2.28. The summed E-state index contributed by atoms with van der Waals surface area (Å²) in [5.41, 5.74) is 1.08. The van der Waals surface area contributed by atoms with E-state index in [1.54, 1.807) is 0 Å². The van der Waals surface area contributed by atoms with E-state index in [2.05, 4.69) is 51.6 Å². The van der Waals surface area contributed by atoms with Gasteiger partial charge in [-0.2, -0.15) is 5.26 Å². The maximum Gasteiger partial charge on any atom is 0.158 e. The molecule has 1 saturated heterocycles. The fourth-order valence-corrected chi connectivity index (χ4v) is 3.34. The molecule has 1 aliphatic carbocycles. The molecule has 27 heavy (non-hydrogen) atoms. The number of nitrogens with one attached hydrogen (secondary N) is 2. The van der Waals surface area contributed by atoms with Crippen molar-refractivity contribution in [3.05, 3.63) is 28.8 Å². The van der Waals surface area contributed by atoms with Crippen molar-refractivity contribution in [3.8, 4) is 6.07 Å². The van der Waals surface area contributed by atoms with Gasteiger partial charge in [0.15, 0.2) is 16.1 Å². The number of halogens is 1. The first-order valence-electron chi connectivity index (χ1n) is 8.83. The number of rotatable bonds is 6. The Labute approximate surface area is 165 Å². The Morgan fingerprint density at radius 1 is 1.26 bits per heavy atom. The van der Waals surface area contributed by atoms with Gasteiger partial charge in [0.05, 0.1) is 30.8 Å². The maximum absolute atomic E-state index is 8.78. The van der Waals surface area contributed by atoms with Crippen molar-refractivity contribution in [1.29, 1.82) is 5.26 Å². The zero-order valence-electron chi connectivity index (χ0n) is 14.6. The van der Waals surface area contributed by atoms with E-state index in [1.165, 1.54) is 25.2 Å². The third-order valence-corrected chi connectivity index (χ3v) is 5.11. The Bertz CT molecular complexity index is 836. The minimum atomic E-state index is 0.153. The van der Waals surface area contributed by atoms with E-state index < -0.39 is 0 Å². The van der Waals surface area contributed by atoms with Crippen LogP contribution in [0.5, 0.6) is 0 Å². The Morgan fingerprint density at radius 2 is 2.15 bits per heavy atom. The molecule has 2 aromatic heterocycles. The zero-order valence-corrected chi connectivity index (χ0v) is 16.2. The van der Waals surface area contributed by atoms with E-state index >= 15 is 0 Å². The number of morpholine rings is 1. The Kier molecular flexibility index (Phi) is 5.42. The van der Waals surface area contributed by atoms with Crippen LogP contribution in [-0.4, -0.2) is 63.5 Å². The summed E-state index contributed by atoms with van der Waals surface area (Å²) in [6.45, 7) is 3.47. The van der Waals surface area contributed by atoms with Crippen LogP contribution in [0.3, 0.4) is 0 Å². The van der Waals surface area contributed by atoms with Crippen LogP contribution in [-0.2, 0) is 4.74 Å². The highest BCUT2D eigenvalue weighted by molar-refractivity contribution is 9.10. The molecule has 10 heteroatoms. The van der Waals surface area contributed by atoms with Crippen LogP contribution < -0.4 is 10.6 Å². The van der Waals surface area contributed by atoms with Gasteiger partial charge in [0.2, 0.25) is 0 Å². The van der Waals surface area contributed by atoms with Crippen LogP contribution in [0.2, 0.25) is 0 Å². The molecule has 9 nitrogen and oxygen atoms in total. The molecule has 1 aliphatic heterocycles. The van der Waals surface area contributed by atoms with Crippen LogP contribution in [0.1, 0.15) is 18.5 Å². The van der Waals surface area contributed by atoms with E-state index in [9.17, 15) is 0 Å². The van der Waals surface area contributed by atoms with Crippen molar-refractivity contribution in [2.24, 2.45) is 0 Å². The normalized spacial score (nSPS) is 20.1. The average Bonchev–Trinajstić information content (AvgIpc) is 3.55. The summed E-state index contributed by atoms with van der Waals surface area (Å²) in [4.78, 5) is 10.6. The largest absolute Gasteiger partial charge is 0.380 e. The van der Waals surface area contributed by atoms with Gasteiger partial charge in [0.1, 0.15) is 11.9 Å². The molecular formula is C17H19BrN8O. The SMILES string of the molecule is N#Cc1cnc(Nc2cc(NC[C@@H]3CN(C4CC4)CCO3)c(Br)nn2)cn1. The first-order chi connectivity index (χ1) is 13.2. The van der Waals surface area contributed by atoms with Gasteiger partial charge >= 0.3 is 0 Å². The van der Waals surface area contributed by atoms with Crippen LogP contribution in [0.25, 0.3) is 0 Å². The van der Waals surface area contributed by atoms with Crippen molar-refractivity contribution in [3.63, 3.8) is 0 Å². The van der Waals surface area contributed by atoms with Gasteiger partial charge in [-0.3, -0.25) is 4.90 Å². The third kappa shape index (κ3) is 4.68. The molecular weight excluding hydrogens is 412 g/mol. The summed E-state index contributed by atoms with van der Waals surface area (Å²) in [5.74, 6) is 1.02. The van der Waals surface area contributed by atoms with E-state index in [-0.39, 0.29) is 11.8 Å². The van der Waals surface area contributed by atoms with Crippen molar-refractivity contribution in [2.45, 2.75) is 25.0 Å². The van der Waals surface area contributed by atoms with Crippen molar-refractivity contribution >= 4 is 33.3 Å². The second-order valence-electron chi connectivity index (χ2n) is 6.56. The molecule has 140 valence electrons. The summed E-state index contributed by atoms with van der Waals surface area (Å²) < 4.78 is 6.51. The van der Waals surface area contributed by atoms with Gasteiger partial charge < -0.3 is 15.4 Å². The van der Waals surface area contributed by atoms with Crippen LogP contribution >= 0.6 is 15.9 Å².